The van der Waals surface area contributed by atoms with Crippen LogP contribution in [-0.2, 0) is 38.4 Å². The normalized spacial score (nSPS) is 17.9. The smallest absolute Gasteiger partial charge is 0.332 e. The van der Waals surface area contributed by atoms with Crippen molar-refractivity contribution in [1.82, 2.24) is 28.5 Å². The number of carbonyl (C=O) groups is 1. The van der Waals surface area contributed by atoms with Gasteiger partial charge in [-0.25, -0.2) is 9.78 Å². The first-order chi connectivity index (χ1) is 14.9. The summed E-state index contributed by atoms with van der Waals surface area (Å²) < 4.78 is 3.95. The van der Waals surface area contributed by atoms with Crippen molar-refractivity contribution in [1.29, 1.82) is 0 Å². The number of thiophene rings is 1. The molecule has 0 spiro atoms. The lowest BCUT2D eigenvalue weighted by Crippen LogP contribution is -2.48. The van der Waals surface area contributed by atoms with Crippen LogP contribution in [0.3, 0.4) is 0 Å². The molecule has 10 heteroatoms. The predicted molar refractivity (Wildman–Crippen MR) is 118 cm³/mol. The molecule has 164 valence electrons. The Balaban J connectivity index is 1.26. The number of hydrogen-bond donors (Lipinski definition) is 0. The second kappa shape index (κ2) is 7.76. The van der Waals surface area contributed by atoms with Crippen LogP contribution in [0, 0.1) is 0 Å². The highest BCUT2D eigenvalue weighted by molar-refractivity contribution is 7.10. The summed E-state index contributed by atoms with van der Waals surface area (Å²) in [5.74, 6) is -0.0209. The SMILES string of the molecule is Cn1c(=O)c2c(ncn2CC(=O)N2CCC(N3CCc4sccc4C3)CC2)n(C)c1=O. The highest BCUT2D eigenvalue weighted by Gasteiger charge is 2.29. The molecule has 0 aromatic carbocycles. The molecule has 2 aliphatic heterocycles. The fraction of sp³-hybridized carbons (Fsp3) is 0.524. The van der Waals surface area contributed by atoms with E-state index in [9.17, 15) is 14.4 Å². The monoisotopic (exact) mass is 442 g/mol. The molecule has 1 saturated heterocycles. The molecule has 0 unspecified atom stereocenters. The largest absolute Gasteiger partial charge is 0.341 e. The Labute approximate surface area is 183 Å². The Hall–Kier alpha value is -2.72. The number of nitrogens with zero attached hydrogens (tertiary/aromatic N) is 6. The summed E-state index contributed by atoms with van der Waals surface area (Å²) in [6.07, 6.45) is 4.53. The quantitative estimate of drug-likeness (QED) is 0.591. The molecule has 0 aliphatic carbocycles. The fourth-order valence-electron chi connectivity index (χ4n) is 4.82. The third-order valence-corrected chi connectivity index (χ3v) is 7.72. The van der Waals surface area contributed by atoms with Crippen LogP contribution in [0.1, 0.15) is 23.3 Å². The molecule has 9 nitrogen and oxygen atoms in total. The van der Waals surface area contributed by atoms with E-state index in [1.165, 1.54) is 28.4 Å². The van der Waals surface area contributed by atoms with Crippen molar-refractivity contribution in [2.75, 3.05) is 19.6 Å². The van der Waals surface area contributed by atoms with Gasteiger partial charge >= 0.3 is 5.69 Å². The number of amides is 1. The van der Waals surface area contributed by atoms with Crippen molar-refractivity contribution in [3.8, 4) is 0 Å². The Kier molecular flexibility index (Phi) is 5.05. The lowest BCUT2D eigenvalue weighted by atomic mass is 9.99. The van der Waals surface area contributed by atoms with Crippen LogP contribution in [-0.4, -0.2) is 60.1 Å². The summed E-state index contributed by atoms with van der Waals surface area (Å²) in [6, 6.07) is 2.74. The number of rotatable bonds is 3. The van der Waals surface area contributed by atoms with Crippen LogP contribution in [0.4, 0.5) is 0 Å². The maximum Gasteiger partial charge on any atom is 0.332 e. The summed E-state index contributed by atoms with van der Waals surface area (Å²) >= 11 is 1.85. The van der Waals surface area contributed by atoms with Crippen molar-refractivity contribution in [2.45, 2.75) is 38.4 Å². The van der Waals surface area contributed by atoms with E-state index in [4.69, 9.17) is 0 Å². The lowest BCUT2D eigenvalue weighted by Gasteiger charge is -2.40. The average Bonchev–Trinajstić information content (AvgIpc) is 3.43. The molecule has 0 saturated carbocycles. The van der Waals surface area contributed by atoms with Gasteiger partial charge in [-0.05, 0) is 36.3 Å². The van der Waals surface area contributed by atoms with Crippen LogP contribution in [0.5, 0.6) is 0 Å². The number of hydrogen-bond acceptors (Lipinski definition) is 6. The van der Waals surface area contributed by atoms with Gasteiger partial charge in [-0.3, -0.25) is 23.6 Å². The van der Waals surface area contributed by atoms with Gasteiger partial charge < -0.3 is 9.47 Å². The van der Waals surface area contributed by atoms with Crippen molar-refractivity contribution in [3.63, 3.8) is 0 Å². The topological polar surface area (TPSA) is 85.4 Å². The molecule has 3 aromatic rings. The number of carbonyl (C=O) groups excluding carboxylic acids is 1. The van der Waals surface area contributed by atoms with Gasteiger partial charge in [-0.1, -0.05) is 0 Å². The van der Waals surface area contributed by atoms with Crippen LogP contribution in [0.15, 0.2) is 27.4 Å². The molecule has 1 amide bonds. The molecule has 0 bridgehead atoms. The van der Waals surface area contributed by atoms with E-state index < -0.39 is 11.2 Å². The van der Waals surface area contributed by atoms with Crippen LogP contribution < -0.4 is 11.2 Å². The number of aromatic nitrogens is 4. The summed E-state index contributed by atoms with van der Waals surface area (Å²) in [7, 11) is 3.02. The third-order valence-electron chi connectivity index (χ3n) is 6.69. The molecule has 31 heavy (non-hydrogen) atoms. The molecule has 0 atom stereocenters. The number of likely N-dealkylation sites (tertiary alicyclic amines) is 1. The van der Waals surface area contributed by atoms with Gasteiger partial charge in [-0.15, -0.1) is 11.3 Å². The minimum atomic E-state index is -0.431. The molecule has 0 N–H and O–H groups in total. The average molecular weight is 443 g/mol. The first kappa shape index (κ1) is 20.2. The summed E-state index contributed by atoms with van der Waals surface area (Å²) in [5.41, 5.74) is 1.19. The van der Waals surface area contributed by atoms with Crippen molar-refractivity contribution in [2.24, 2.45) is 14.1 Å². The van der Waals surface area contributed by atoms with E-state index >= 15 is 0 Å². The summed E-state index contributed by atoms with van der Waals surface area (Å²) in [6.45, 7) is 3.60. The number of fused-ring (bicyclic) bond motifs is 2. The highest BCUT2D eigenvalue weighted by atomic mass is 32.1. The number of aryl methyl sites for hydroxylation is 1. The van der Waals surface area contributed by atoms with E-state index in [-0.39, 0.29) is 18.0 Å². The Morgan fingerprint density at radius 1 is 1.16 bits per heavy atom. The molecular formula is C21H26N6O3S. The zero-order valence-electron chi connectivity index (χ0n) is 17.8. The summed E-state index contributed by atoms with van der Waals surface area (Å²) in [4.78, 5) is 47.8. The Morgan fingerprint density at radius 3 is 2.71 bits per heavy atom. The summed E-state index contributed by atoms with van der Waals surface area (Å²) in [5, 5.41) is 2.18. The van der Waals surface area contributed by atoms with Gasteiger partial charge in [0.1, 0.15) is 6.54 Å². The van der Waals surface area contributed by atoms with Crippen LogP contribution in [0.25, 0.3) is 11.2 Å². The first-order valence-electron chi connectivity index (χ1n) is 10.6. The Morgan fingerprint density at radius 2 is 1.94 bits per heavy atom. The predicted octanol–water partition coefficient (Wildman–Crippen LogP) is 0.544. The molecule has 0 radical (unpaired) electrons. The molecular weight excluding hydrogens is 416 g/mol. The third kappa shape index (κ3) is 3.43. The van der Waals surface area contributed by atoms with Crippen molar-refractivity contribution >= 4 is 28.4 Å². The van der Waals surface area contributed by atoms with Gasteiger partial charge in [-0.2, -0.15) is 0 Å². The van der Waals surface area contributed by atoms with E-state index in [1.54, 1.807) is 11.6 Å². The first-order valence-corrected chi connectivity index (χ1v) is 11.5. The second-order valence-corrected chi connectivity index (χ2v) is 9.45. The minimum Gasteiger partial charge on any atom is -0.341 e. The maximum atomic E-state index is 13.0. The van der Waals surface area contributed by atoms with E-state index in [0.717, 1.165) is 50.0 Å². The molecule has 1 fully saturated rings. The van der Waals surface area contributed by atoms with E-state index in [1.807, 2.05) is 16.2 Å². The number of piperidine rings is 1. The standard InChI is InChI=1S/C21H26N6O3S/c1-23-19-18(20(29)24(2)21(23)30)27(13-22-19)12-17(28)25-7-3-15(4-8-25)26-9-5-16-14(11-26)6-10-31-16/h6,10,13,15H,3-5,7-9,11-12H2,1-2H3. The highest BCUT2D eigenvalue weighted by Crippen LogP contribution is 2.28. The maximum absolute atomic E-state index is 13.0. The van der Waals surface area contributed by atoms with Crippen LogP contribution >= 0.6 is 11.3 Å². The van der Waals surface area contributed by atoms with Gasteiger partial charge in [0.2, 0.25) is 5.91 Å². The number of imidazole rings is 1. The minimum absolute atomic E-state index is 0.0209. The van der Waals surface area contributed by atoms with Gasteiger partial charge in [0.25, 0.3) is 5.56 Å². The zero-order valence-corrected chi connectivity index (χ0v) is 18.6. The van der Waals surface area contributed by atoms with Crippen molar-refractivity contribution < 1.29 is 4.79 Å². The van der Waals surface area contributed by atoms with Crippen LogP contribution in [0.2, 0.25) is 0 Å². The zero-order chi connectivity index (χ0) is 21.7. The molecule has 3 aromatic heterocycles. The van der Waals surface area contributed by atoms with E-state index in [2.05, 4.69) is 21.3 Å². The fourth-order valence-corrected chi connectivity index (χ4v) is 5.71. The second-order valence-electron chi connectivity index (χ2n) is 8.45. The van der Waals surface area contributed by atoms with Gasteiger partial charge in [0.05, 0.1) is 6.33 Å². The molecule has 2 aliphatic rings. The molecule has 5 rings (SSSR count). The van der Waals surface area contributed by atoms with Gasteiger partial charge in [0.15, 0.2) is 11.2 Å². The van der Waals surface area contributed by atoms with E-state index in [0.29, 0.717) is 11.7 Å². The Bertz CT molecular complexity index is 1260. The van der Waals surface area contributed by atoms with Gasteiger partial charge in [0, 0.05) is 51.2 Å². The molecule has 5 heterocycles. The lowest BCUT2D eigenvalue weighted by molar-refractivity contribution is -0.133. The van der Waals surface area contributed by atoms with Crippen molar-refractivity contribution in [3.05, 3.63) is 49.1 Å².